The number of alkyl carbamates (subject to hydrolysis) is 1. The Morgan fingerprint density at radius 1 is 1.47 bits per heavy atom. The second-order valence-electron chi connectivity index (χ2n) is 4.54. The third-order valence-corrected chi connectivity index (χ3v) is 2.93. The summed E-state index contributed by atoms with van der Waals surface area (Å²) in [5.74, 6) is 1.15. The van der Waals surface area contributed by atoms with Crippen molar-refractivity contribution in [2.45, 2.75) is 13.5 Å². The molecule has 0 spiro atoms. The van der Waals surface area contributed by atoms with Gasteiger partial charge in [-0.2, -0.15) is 0 Å². The van der Waals surface area contributed by atoms with E-state index in [0.29, 0.717) is 13.2 Å². The molecule has 19 heavy (non-hydrogen) atoms. The first-order chi connectivity index (χ1) is 9.25. The maximum Gasteiger partial charge on any atom is 0.407 e. The highest BCUT2D eigenvalue weighted by molar-refractivity contribution is 5.86. The first-order valence-corrected chi connectivity index (χ1v) is 6.48. The topological polar surface area (TPSA) is 62.7 Å². The van der Waals surface area contributed by atoms with Gasteiger partial charge in [0.05, 0.1) is 6.54 Å². The second-order valence-corrected chi connectivity index (χ2v) is 4.54. The summed E-state index contributed by atoms with van der Waals surface area (Å²) in [6, 6.07) is 9.62. The zero-order valence-corrected chi connectivity index (χ0v) is 11.1. The van der Waals surface area contributed by atoms with Crippen molar-refractivity contribution >= 4 is 11.9 Å². The van der Waals surface area contributed by atoms with E-state index in [2.05, 4.69) is 15.6 Å². The average Bonchev–Trinajstić information content (AvgIpc) is 2.98. The largest absolute Gasteiger partial charge is 0.445 e. The van der Waals surface area contributed by atoms with Gasteiger partial charge in [-0.1, -0.05) is 37.3 Å². The molecule has 102 valence electrons. The Morgan fingerprint density at radius 2 is 2.26 bits per heavy atom. The number of aliphatic imine (C=N–C) groups is 1. The normalized spacial score (nSPS) is 15.3. The van der Waals surface area contributed by atoms with Crippen molar-refractivity contribution in [2.24, 2.45) is 10.9 Å². The van der Waals surface area contributed by atoms with Gasteiger partial charge in [0.25, 0.3) is 0 Å². The van der Waals surface area contributed by atoms with E-state index in [-0.39, 0.29) is 5.92 Å². The monoisotopic (exact) mass is 261 g/mol. The van der Waals surface area contributed by atoms with Crippen LogP contribution in [0.15, 0.2) is 35.3 Å². The molecule has 0 fully saturated rings. The predicted molar refractivity (Wildman–Crippen MR) is 74.1 cm³/mol. The fraction of sp³-hybridized carbons (Fsp3) is 0.429. The van der Waals surface area contributed by atoms with Crippen LogP contribution >= 0.6 is 0 Å². The van der Waals surface area contributed by atoms with Crippen LogP contribution in [0.3, 0.4) is 0 Å². The summed E-state index contributed by atoms with van der Waals surface area (Å²) in [6.07, 6.45) is -0.394. The van der Waals surface area contributed by atoms with Crippen LogP contribution in [0, 0.1) is 5.92 Å². The van der Waals surface area contributed by atoms with Gasteiger partial charge < -0.3 is 15.4 Å². The Morgan fingerprint density at radius 3 is 2.95 bits per heavy atom. The molecule has 1 aromatic rings. The van der Waals surface area contributed by atoms with Gasteiger partial charge >= 0.3 is 6.09 Å². The molecular weight excluding hydrogens is 242 g/mol. The highest BCUT2D eigenvalue weighted by Gasteiger charge is 2.14. The van der Waals surface area contributed by atoms with Crippen LogP contribution < -0.4 is 10.6 Å². The van der Waals surface area contributed by atoms with E-state index in [0.717, 1.165) is 24.5 Å². The molecular formula is C14H19N3O2. The van der Waals surface area contributed by atoms with E-state index in [1.807, 2.05) is 37.3 Å². The smallest absolute Gasteiger partial charge is 0.407 e. The lowest BCUT2D eigenvalue weighted by atomic mass is 10.1. The van der Waals surface area contributed by atoms with Crippen LogP contribution in [0.25, 0.3) is 0 Å². The molecule has 2 rings (SSSR count). The standard InChI is InChI=1S/C14H19N3O2/c1-11(13-15-7-8-16-13)9-17-14(18)19-10-12-5-3-2-4-6-12/h2-6,11H,7-10H2,1H3,(H,15,16)(H,17,18)/t11-/m1/s1. The van der Waals surface area contributed by atoms with E-state index in [4.69, 9.17) is 4.74 Å². The Bertz CT molecular complexity index is 445. The molecule has 1 heterocycles. The Kier molecular flexibility index (Phi) is 4.78. The molecule has 1 aromatic carbocycles. The maximum absolute atomic E-state index is 11.5. The number of rotatable bonds is 5. The number of nitrogens with one attached hydrogen (secondary N) is 2. The minimum absolute atomic E-state index is 0.187. The van der Waals surface area contributed by atoms with Crippen molar-refractivity contribution in [3.8, 4) is 0 Å². The molecule has 1 aliphatic heterocycles. The molecule has 0 aromatic heterocycles. The van der Waals surface area contributed by atoms with E-state index >= 15 is 0 Å². The van der Waals surface area contributed by atoms with Crippen LogP contribution in [-0.4, -0.2) is 31.6 Å². The summed E-state index contributed by atoms with van der Waals surface area (Å²) in [5.41, 5.74) is 0.979. The van der Waals surface area contributed by atoms with Crippen molar-refractivity contribution in [2.75, 3.05) is 19.6 Å². The van der Waals surface area contributed by atoms with Gasteiger partial charge in [0.15, 0.2) is 0 Å². The van der Waals surface area contributed by atoms with Gasteiger partial charge in [-0.3, -0.25) is 4.99 Å². The summed E-state index contributed by atoms with van der Waals surface area (Å²) >= 11 is 0. The molecule has 0 radical (unpaired) electrons. The molecule has 0 bridgehead atoms. The van der Waals surface area contributed by atoms with Crippen molar-refractivity contribution in [1.82, 2.24) is 10.6 Å². The van der Waals surface area contributed by atoms with E-state index < -0.39 is 6.09 Å². The number of amides is 1. The minimum atomic E-state index is -0.394. The molecule has 5 nitrogen and oxygen atoms in total. The molecule has 1 amide bonds. The van der Waals surface area contributed by atoms with Gasteiger partial charge in [-0.15, -0.1) is 0 Å². The van der Waals surface area contributed by atoms with Gasteiger partial charge in [-0.05, 0) is 5.56 Å². The van der Waals surface area contributed by atoms with Crippen LogP contribution in [0.2, 0.25) is 0 Å². The minimum Gasteiger partial charge on any atom is -0.445 e. The van der Waals surface area contributed by atoms with E-state index in [1.54, 1.807) is 0 Å². The highest BCUT2D eigenvalue weighted by atomic mass is 16.5. The van der Waals surface area contributed by atoms with Crippen LogP contribution in [0.5, 0.6) is 0 Å². The summed E-state index contributed by atoms with van der Waals surface area (Å²) in [6.45, 7) is 4.55. The summed E-state index contributed by atoms with van der Waals surface area (Å²) in [5, 5.41) is 5.94. The van der Waals surface area contributed by atoms with Crippen LogP contribution in [0.4, 0.5) is 4.79 Å². The Labute approximate surface area is 113 Å². The van der Waals surface area contributed by atoms with Crippen molar-refractivity contribution in [3.63, 3.8) is 0 Å². The summed E-state index contributed by atoms with van der Waals surface area (Å²) in [7, 11) is 0. The number of carbonyl (C=O) groups excluding carboxylic acids is 1. The fourth-order valence-electron chi connectivity index (χ4n) is 1.85. The lowest BCUT2D eigenvalue weighted by molar-refractivity contribution is 0.139. The molecule has 0 saturated carbocycles. The van der Waals surface area contributed by atoms with Gasteiger partial charge in [-0.25, -0.2) is 4.79 Å². The Balaban J connectivity index is 1.67. The number of amidine groups is 1. The first-order valence-electron chi connectivity index (χ1n) is 6.48. The number of ether oxygens (including phenoxy) is 1. The van der Waals surface area contributed by atoms with Crippen LogP contribution in [-0.2, 0) is 11.3 Å². The van der Waals surface area contributed by atoms with Crippen molar-refractivity contribution in [3.05, 3.63) is 35.9 Å². The summed E-state index contributed by atoms with van der Waals surface area (Å²) in [4.78, 5) is 15.9. The van der Waals surface area contributed by atoms with E-state index in [9.17, 15) is 4.79 Å². The molecule has 1 aliphatic rings. The second kappa shape index (κ2) is 6.78. The lowest BCUT2D eigenvalue weighted by Crippen LogP contribution is -2.35. The molecule has 1 atom stereocenters. The number of hydrogen-bond donors (Lipinski definition) is 2. The van der Waals surface area contributed by atoms with Gasteiger partial charge in [0, 0.05) is 19.0 Å². The molecule has 0 aliphatic carbocycles. The number of carbonyl (C=O) groups is 1. The predicted octanol–water partition coefficient (Wildman–Crippen LogP) is 1.55. The molecule has 2 N–H and O–H groups in total. The Hall–Kier alpha value is -2.04. The van der Waals surface area contributed by atoms with Crippen molar-refractivity contribution in [1.29, 1.82) is 0 Å². The third kappa shape index (κ3) is 4.28. The van der Waals surface area contributed by atoms with E-state index in [1.165, 1.54) is 0 Å². The number of benzene rings is 1. The fourth-order valence-corrected chi connectivity index (χ4v) is 1.85. The summed E-state index contributed by atoms with van der Waals surface area (Å²) < 4.78 is 5.13. The highest BCUT2D eigenvalue weighted by Crippen LogP contribution is 2.02. The molecule has 0 unspecified atom stereocenters. The molecule has 0 saturated heterocycles. The average molecular weight is 261 g/mol. The number of nitrogens with zero attached hydrogens (tertiary/aromatic N) is 1. The molecule has 5 heteroatoms. The van der Waals surface area contributed by atoms with Crippen molar-refractivity contribution < 1.29 is 9.53 Å². The van der Waals surface area contributed by atoms with Gasteiger partial charge in [0.1, 0.15) is 12.4 Å². The third-order valence-electron chi connectivity index (χ3n) is 2.93. The van der Waals surface area contributed by atoms with Gasteiger partial charge in [0.2, 0.25) is 0 Å². The first kappa shape index (κ1) is 13.4. The number of hydrogen-bond acceptors (Lipinski definition) is 4. The lowest BCUT2D eigenvalue weighted by Gasteiger charge is -2.13. The van der Waals surface area contributed by atoms with Crippen LogP contribution in [0.1, 0.15) is 12.5 Å². The quantitative estimate of drug-likeness (QED) is 0.845. The maximum atomic E-state index is 11.5. The SMILES string of the molecule is C[C@H](CNC(=O)OCc1ccccc1)C1=NCCN1. The zero-order valence-electron chi connectivity index (χ0n) is 11.1. The zero-order chi connectivity index (χ0) is 13.5.